The molecular formula is C17H16BrClF2N4O2. The number of benzene rings is 1. The van der Waals surface area contributed by atoms with Crippen molar-refractivity contribution in [2.75, 3.05) is 18.0 Å². The first-order chi connectivity index (χ1) is 12.9. The number of halogens is 4. The maximum absolute atomic E-state index is 12.5. The first-order valence-electron chi connectivity index (χ1n) is 8.23. The van der Waals surface area contributed by atoms with Crippen molar-refractivity contribution in [3.63, 3.8) is 0 Å². The fraction of sp³-hybridized carbons (Fsp3) is 0.353. The lowest BCUT2D eigenvalue weighted by Gasteiger charge is -2.16. The van der Waals surface area contributed by atoms with Gasteiger partial charge in [0.05, 0.1) is 11.2 Å². The summed E-state index contributed by atoms with van der Waals surface area (Å²) in [5, 5.41) is 2.76. The van der Waals surface area contributed by atoms with Gasteiger partial charge in [-0.2, -0.15) is 8.78 Å². The van der Waals surface area contributed by atoms with E-state index >= 15 is 0 Å². The monoisotopic (exact) mass is 460 g/mol. The molecule has 0 aliphatic carbocycles. The predicted molar refractivity (Wildman–Crippen MR) is 100 cm³/mol. The molecule has 1 saturated heterocycles. The van der Waals surface area contributed by atoms with Gasteiger partial charge in [-0.05, 0) is 31.0 Å². The van der Waals surface area contributed by atoms with Crippen LogP contribution in [0.5, 0.6) is 5.75 Å². The highest BCUT2D eigenvalue weighted by atomic mass is 79.9. The van der Waals surface area contributed by atoms with Gasteiger partial charge in [-0.15, -0.1) is 0 Å². The molecule has 27 heavy (non-hydrogen) atoms. The van der Waals surface area contributed by atoms with Crippen LogP contribution in [0.4, 0.5) is 14.7 Å². The first kappa shape index (κ1) is 19.8. The number of nitrogens with zero attached hydrogens (tertiary/aromatic N) is 3. The van der Waals surface area contributed by atoms with E-state index in [1.807, 2.05) is 4.90 Å². The van der Waals surface area contributed by atoms with Crippen LogP contribution in [0.2, 0.25) is 5.02 Å². The third kappa shape index (κ3) is 5.04. The Balaban J connectivity index is 1.74. The smallest absolute Gasteiger partial charge is 0.387 e. The molecule has 1 aliphatic heterocycles. The first-order valence-corrected chi connectivity index (χ1v) is 9.40. The van der Waals surface area contributed by atoms with Crippen molar-refractivity contribution in [1.82, 2.24) is 15.3 Å². The van der Waals surface area contributed by atoms with E-state index in [-0.39, 0.29) is 23.0 Å². The van der Waals surface area contributed by atoms with Crippen LogP contribution in [0.25, 0.3) is 0 Å². The molecule has 0 saturated carbocycles. The molecule has 1 N–H and O–H groups in total. The molecule has 10 heteroatoms. The molecule has 1 aromatic heterocycles. The Morgan fingerprint density at radius 2 is 2.11 bits per heavy atom. The van der Waals surface area contributed by atoms with Gasteiger partial charge in [-0.1, -0.05) is 27.5 Å². The molecule has 0 unspecified atom stereocenters. The number of hydrogen-bond donors (Lipinski definition) is 1. The van der Waals surface area contributed by atoms with Gasteiger partial charge in [0.2, 0.25) is 5.95 Å². The third-order valence-electron chi connectivity index (χ3n) is 4.01. The number of anilines is 1. The predicted octanol–water partition coefficient (Wildman–Crippen LogP) is 4.02. The zero-order valence-electron chi connectivity index (χ0n) is 14.1. The van der Waals surface area contributed by atoms with Crippen LogP contribution in [-0.2, 0) is 6.54 Å². The van der Waals surface area contributed by atoms with Crippen LogP contribution < -0.4 is 15.0 Å². The molecule has 3 rings (SSSR count). The highest BCUT2D eigenvalue weighted by Gasteiger charge is 2.20. The maximum atomic E-state index is 12.5. The van der Waals surface area contributed by atoms with E-state index in [4.69, 9.17) is 11.6 Å². The lowest BCUT2D eigenvalue weighted by Crippen LogP contribution is -2.27. The second kappa shape index (κ2) is 8.79. The summed E-state index contributed by atoms with van der Waals surface area (Å²) in [6.07, 6.45) is 3.48. The minimum atomic E-state index is -2.96. The number of rotatable bonds is 6. The van der Waals surface area contributed by atoms with Gasteiger partial charge < -0.3 is 15.0 Å². The fourth-order valence-electron chi connectivity index (χ4n) is 2.74. The van der Waals surface area contributed by atoms with E-state index in [1.54, 1.807) is 12.1 Å². The van der Waals surface area contributed by atoms with Crippen molar-refractivity contribution in [2.45, 2.75) is 26.0 Å². The van der Waals surface area contributed by atoms with E-state index < -0.39 is 12.5 Å². The van der Waals surface area contributed by atoms with E-state index in [0.717, 1.165) is 25.9 Å². The quantitative estimate of drug-likeness (QED) is 0.704. The molecule has 1 fully saturated rings. The van der Waals surface area contributed by atoms with Gasteiger partial charge >= 0.3 is 6.61 Å². The lowest BCUT2D eigenvalue weighted by molar-refractivity contribution is -0.0504. The molecule has 144 valence electrons. The molecule has 1 amide bonds. The summed E-state index contributed by atoms with van der Waals surface area (Å²) in [5.41, 5.74) is 0.433. The van der Waals surface area contributed by atoms with Crippen LogP contribution >= 0.6 is 27.5 Å². The fourth-order valence-corrected chi connectivity index (χ4v) is 3.33. The Morgan fingerprint density at radius 3 is 2.81 bits per heavy atom. The maximum Gasteiger partial charge on any atom is 0.387 e. The van der Waals surface area contributed by atoms with Crippen LogP contribution in [0, 0.1) is 0 Å². The molecule has 2 heterocycles. The zero-order chi connectivity index (χ0) is 19.4. The van der Waals surface area contributed by atoms with Crippen molar-refractivity contribution in [3.05, 3.63) is 45.1 Å². The Labute approximate surface area is 168 Å². The average Bonchev–Trinajstić information content (AvgIpc) is 3.16. The average molecular weight is 462 g/mol. The van der Waals surface area contributed by atoms with Crippen LogP contribution in [-0.4, -0.2) is 35.6 Å². The third-order valence-corrected chi connectivity index (χ3v) is 4.78. The molecule has 2 aromatic rings. The highest BCUT2D eigenvalue weighted by molar-refractivity contribution is 9.10. The topological polar surface area (TPSA) is 67.3 Å². The molecule has 6 nitrogen and oxygen atoms in total. The van der Waals surface area contributed by atoms with E-state index in [0.29, 0.717) is 16.0 Å². The molecular weight excluding hydrogens is 446 g/mol. The number of hydrogen-bond acceptors (Lipinski definition) is 5. The molecule has 0 atom stereocenters. The summed E-state index contributed by atoms with van der Waals surface area (Å²) in [6.45, 7) is -1.33. The number of amides is 1. The van der Waals surface area contributed by atoms with Gasteiger partial charge in [0, 0.05) is 29.7 Å². The zero-order valence-corrected chi connectivity index (χ0v) is 16.4. The minimum absolute atomic E-state index is 0.0139. The van der Waals surface area contributed by atoms with E-state index in [9.17, 15) is 13.6 Å². The summed E-state index contributed by atoms with van der Waals surface area (Å²) in [6, 6.07) is 4.57. The van der Waals surface area contributed by atoms with Crippen LogP contribution in [0.1, 0.15) is 28.9 Å². The normalized spacial score (nSPS) is 13.9. The summed E-state index contributed by atoms with van der Waals surface area (Å²) in [7, 11) is 0. The van der Waals surface area contributed by atoms with Gasteiger partial charge in [0.15, 0.2) is 5.69 Å². The number of ether oxygens (including phenoxy) is 1. The molecule has 1 aromatic carbocycles. The van der Waals surface area contributed by atoms with Gasteiger partial charge in [0.25, 0.3) is 5.91 Å². The second-order valence-corrected chi connectivity index (χ2v) is 7.20. The minimum Gasteiger partial charge on any atom is -0.434 e. The van der Waals surface area contributed by atoms with Crippen molar-refractivity contribution >= 4 is 39.4 Å². The standard InChI is InChI=1S/C17H16BrClF2N4O2/c18-11-3-4-13(27-16(20)21)10(7-11)8-22-15(26)14-12(19)9-23-17(24-14)25-5-1-2-6-25/h3-4,7,9,16H,1-2,5-6,8H2,(H,22,26). The number of aromatic nitrogens is 2. The van der Waals surface area contributed by atoms with Crippen molar-refractivity contribution in [3.8, 4) is 5.75 Å². The largest absolute Gasteiger partial charge is 0.434 e. The molecule has 0 spiro atoms. The summed E-state index contributed by atoms with van der Waals surface area (Å²) < 4.78 is 30.3. The SMILES string of the molecule is O=C(NCc1cc(Br)ccc1OC(F)F)c1nc(N2CCCC2)ncc1Cl. The van der Waals surface area contributed by atoms with Gasteiger partial charge in [-0.3, -0.25) is 4.79 Å². The molecule has 1 aliphatic rings. The van der Waals surface area contributed by atoms with Crippen LogP contribution in [0.3, 0.4) is 0 Å². The Kier molecular flexibility index (Phi) is 6.43. The number of alkyl halides is 2. The number of carbonyl (C=O) groups is 1. The molecule has 0 radical (unpaired) electrons. The summed E-state index contributed by atoms with van der Waals surface area (Å²) >= 11 is 9.34. The number of carbonyl (C=O) groups excluding carboxylic acids is 1. The lowest BCUT2D eigenvalue weighted by atomic mass is 10.2. The second-order valence-electron chi connectivity index (χ2n) is 5.87. The Morgan fingerprint density at radius 1 is 1.37 bits per heavy atom. The summed E-state index contributed by atoms with van der Waals surface area (Å²) in [4.78, 5) is 22.9. The van der Waals surface area contributed by atoms with E-state index in [2.05, 4.69) is 36.0 Å². The van der Waals surface area contributed by atoms with E-state index in [1.165, 1.54) is 12.3 Å². The van der Waals surface area contributed by atoms with Crippen molar-refractivity contribution in [2.24, 2.45) is 0 Å². The summed E-state index contributed by atoms with van der Waals surface area (Å²) in [5.74, 6) is -0.0860. The van der Waals surface area contributed by atoms with Crippen molar-refractivity contribution < 1.29 is 18.3 Å². The van der Waals surface area contributed by atoms with Crippen LogP contribution in [0.15, 0.2) is 28.9 Å². The highest BCUT2D eigenvalue weighted by Crippen LogP contribution is 2.25. The van der Waals surface area contributed by atoms with Crippen molar-refractivity contribution in [1.29, 1.82) is 0 Å². The Bertz CT molecular complexity index is 835. The van der Waals surface area contributed by atoms with Gasteiger partial charge in [0.1, 0.15) is 5.75 Å². The molecule has 0 bridgehead atoms. The van der Waals surface area contributed by atoms with Gasteiger partial charge in [-0.25, -0.2) is 9.97 Å². The Hall–Kier alpha value is -2.00. The number of nitrogens with one attached hydrogen (secondary N) is 1.